The molecule has 0 amide bonds. The van der Waals surface area contributed by atoms with Gasteiger partial charge in [-0.25, -0.2) is 0 Å². The summed E-state index contributed by atoms with van der Waals surface area (Å²) in [5.74, 6) is 0. The molecule has 0 saturated carbocycles. The van der Waals surface area contributed by atoms with Crippen LogP contribution in [0.4, 0.5) is 0 Å². The van der Waals surface area contributed by atoms with Crippen LogP contribution in [0.3, 0.4) is 0 Å². The maximum atomic E-state index is 5.56. The van der Waals surface area contributed by atoms with Gasteiger partial charge in [-0.3, -0.25) is 4.90 Å². The first kappa shape index (κ1) is 12.6. The molecule has 82 valence electrons. The molecule has 1 aromatic carbocycles. The van der Waals surface area contributed by atoms with Crippen LogP contribution >= 0.6 is 0 Å². The standard InChI is InChI=1S/C13H17NO.Na.H/c1-2-5-12(6-3-1)9-14-8-4-7-13(10-14)11-15-13;;/h1-3,5-6H,4,7-11H2;;/q;+1;-1. The van der Waals surface area contributed by atoms with Gasteiger partial charge in [-0.15, -0.1) is 0 Å². The molecule has 2 heterocycles. The molecule has 2 saturated heterocycles. The summed E-state index contributed by atoms with van der Waals surface area (Å²) in [4.78, 5) is 2.52. The smallest absolute Gasteiger partial charge is 1.00 e. The van der Waals surface area contributed by atoms with E-state index in [0.717, 1.165) is 19.7 Å². The predicted octanol–water partition coefficient (Wildman–Crippen LogP) is -0.832. The number of benzene rings is 1. The summed E-state index contributed by atoms with van der Waals surface area (Å²) in [5.41, 5.74) is 1.67. The van der Waals surface area contributed by atoms with Gasteiger partial charge in [-0.2, -0.15) is 0 Å². The van der Waals surface area contributed by atoms with Crippen LogP contribution in [0.15, 0.2) is 30.3 Å². The van der Waals surface area contributed by atoms with Crippen LogP contribution in [0.1, 0.15) is 19.8 Å². The average molecular weight is 227 g/mol. The summed E-state index contributed by atoms with van der Waals surface area (Å²) in [6.07, 6.45) is 2.55. The van der Waals surface area contributed by atoms with Crippen molar-refractivity contribution in [2.24, 2.45) is 0 Å². The average Bonchev–Trinajstić information content (AvgIpc) is 2.99. The monoisotopic (exact) mass is 227 g/mol. The van der Waals surface area contributed by atoms with Gasteiger partial charge >= 0.3 is 29.6 Å². The van der Waals surface area contributed by atoms with Crippen molar-refractivity contribution in [3.8, 4) is 0 Å². The van der Waals surface area contributed by atoms with Gasteiger partial charge in [0, 0.05) is 13.1 Å². The Labute approximate surface area is 121 Å². The Balaban J connectivity index is 0.000000722. The number of rotatable bonds is 2. The number of likely N-dealkylation sites (tertiary alicyclic amines) is 1. The summed E-state index contributed by atoms with van der Waals surface area (Å²) >= 11 is 0. The maximum Gasteiger partial charge on any atom is 1.00 e. The Kier molecular flexibility index (Phi) is 4.09. The fourth-order valence-electron chi connectivity index (χ4n) is 2.50. The minimum Gasteiger partial charge on any atom is -1.00 e. The van der Waals surface area contributed by atoms with Crippen LogP contribution in [0.2, 0.25) is 0 Å². The third-order valence-corrected chi connectivity index (χ3v) is 3.42. The van der Waals surface area contributed by atoms with E-state index in [4.69, 9.17) is 4.74 Å². The second kappa shape index (κ2) is 5.19. The van der Waals surface area contributed by atoms with E-state index in [1.165, 1.54) is 24.9 Å². The molecule has 2 aliphatic rings. The Morgan fingerprint density at radius 1 is 1.31 bits per heavy atom. The van der Waals surface area contributed by atoms with Crippen molar-refractivity contribution in [1.29, 1.82) is 0 Å². The summed E-state index contributed by atoms with van der Waals surface area (Å²) < 4.78 is 5.56. The summed E-state index contributed by atoms with van der Waals surface area (Å²) in [5, 5.41) is 0. The minimum atomic E-state index is 0. The SMILES string of the molecule is [H-].[Na+].c1ccc(CN2CCCC3(CO3)C2)cc1. The molecule has 16 heavy (non-hydrogen) atoms. The van der Waals surface area contributed by atoms with Gasteiger partial charge in [0.15, 0.2) is 0 Å². The number of hydrogen-bond donors (Lipinski definition) is 0. The first-order valence-corrected chi connectivity index (χ1v) is 5.77. The quantitative estimate of drug-likeness (QED) is 0.484. The van der Waals surface area contributed by atoms with Crippen molar-refractivity contribution < 1.29 is 35.7 Å². The molecule has 2 nitrogen and oxygen atoms in total. The fourth-order valence-corrected chi connectivity index (χ4v) is 2.50. The minimum absolute atomic E-state index is 0. The van der Waals surface area contributed by atoms with E-state index in [9.17, 15) is 0 Å². The number of piperidine rings is 1. The van der Waals surface area contributed by atoms with Crippen LogP contribution in [0.5, 0.6) is 0 Å². The third kappa shape index (κ3) is 2.88. The Bertz CT molecular complexity index is 343. The molecule has 0 bridgehead atoms. The van der Waals surface area contributed by atoms with Gasteiger partial charge in [0.2, 0.25) is 0 Å². The van der Waals surface area contributed by atoms with Gasteiger partial charge in [-0.1, -0.05) is 30.3 Å². The largest absolute Gasteiger partial charge is 1.00 e. The van der Waals surface area contributed by atoms with E-state index in [1.807, 2.05) is 0 Å². The van der Waals surface area contributed by atoms with Gasteiger partial charge in [0.1, 0.15) is 5.60 Å². The van der Waals surface area contributed by atoms with E-state index in [1.54, 1.807) is 0 Å². The van der Waals surface area contributed by atoms with E-state index in [0.29, 0.717) is 0 Å². The van der Waals surface area contributed by atoms with Gasteiger partial charge in [0.05, 0.1) is 6.61 Å². The first-order chi connectivity index (χ1) is 7.36. The molecule has 1 aromatic rings. The molecule has 0 aliphatic carbocycles. The van der Waals surface area contributed by atoms with Crippen LogP contribution in [0.25, 0.3) is 0 Å². The zero-order valence-corrected chi connectivity index (χ0v) is 12.0. The summed E-state index contributed by atoms with van der Waals surface area (Å²) in [7, 11) is 0. The number of nitrogens with zero attached hydrogens (tertiary/aromatic N) is 1. The molecule has 1 atom stereocenters. The van der Waals surface area contributed by atoms with Gasteiger partial charge in [-0.05, 0) is 24.9 Å². The molecular formula is C13H18NNaO. The summed E-state index contributed by atoms with van der Waals surface area (Å²) in [6, 6.07) is 10.7. The topological polar surface area (TPSA) is 15.8 Å². The maximum absolute atomic E-state index is 5.56. The Hall–Kier alpha value is 0.140. The molecule has 2 fully saturated rings. The molecule has 2 aliphatic heterocycles. The number of epoxide rings is 1. The zero-order valence-electron chi connectivity index (χ0n) is 11.0. The van der Waals surface area contributed by atoms with E-state index >= 15 is 0 Å². The Morgan fingerprint density at radius 2 is 2.06 bits per heavy atom. The molecule has 0 aromatic heterocycles. The van der Waals surface area contributed by atoms with Gasteiger partial charge in [0.25, 0.3) is 0 Å². The molecule has 1 spiro atoms. The van der Waals surface area contributed by atoms with E-state index in [-0.39, 0.29) is 36.6 Å². The van der Waals surface area contributed by atoms with Crippen molar-refractivity contribution >= 4 is 0 Å². The van der Waals surface area contributed by atoms with Crippen LogP contribution < -0.4 is 29.6 Å². The predicted molar refractivity (Wildman–Crippen MR) is 60.7 cm³/mol. The van der Waals surface area contributed by atoms with Crippen molar-refractivity contribution in [3.63, 3.8) is 0 Å². The first-order valence-electron chi connectivity index (χ1n) is 5.77. The molecule has 3 rings (SSSR count). The molecule has 3 heteroatoms. The normalized spacial score (nSPS) is 28.8. The second-order valence-electron chi connectivity index (χ2n) is 4.77. The van der Waals surface area contributed by atoms with Crippen molar-refractivity contribution in [2.75, 3.05) is 19.7 Å². The molecule has 0 N–H and O–H groups in total. The number of hydrogen-bond acceptors (Lipinski definition) is 2. The van der Waals surface area contributed by atoms with E-state index in [2.05, 4.69) is 35.2 Å². The van der Waals surface area contributed by atoms with Gasteiger partial charge < -0.3 is 6.16 Å². The molecule has 0 radical (unpaired) electrons. The molecule has 1 unspecified atom stereocenters. The second-order valence-corrected chi connectivity index (χ2v) is 4.77. The van der Waals surface area contributed by atoms with Crippen LogP contribution in [-0.2, 0) is 11.3 Å². The van der Waals surface area contributed by atoms with Crippen molar-refractivity contribution in [3.05, 3.63) is 35.9 Å². The van der Waals surface area contributed by atoms with Crippen LogP contribution in [0, 0.1) is 0 Å². The number of ether oxygens (including phenoxy) is 1. The Morgan fingerprint density at radius 3 is 2.75 bits per heavy atom. The fraction of sp³-hybridized carbons (Fsp3) is 0.538. The van der Waals surface area contributed by atoms with Crippen molar-refractivity contribution in [1.82, 2.24) is 4.90 Å². The van der Waals surface area contributed by atoms with E-state index < -0.39 is 0 Å². The van der Waals surface area contributed by atoms with Crippen molar-refractivity contribution in [2.45, 2.75) is 25.0 Å². The summed E-state index contributed by atoms with van der Waals surface area (Å²) in [6.45, 7) is 4.41. The zero-order chi connectivity index (χ0) is 10.1. The molecular weight excluding hydrogens is 209 g/mol. The third-order valence-electron chi connectivity index (χ3n) is 3.42. The van der Waals surface area contributed by atoms with Crippen LogP contribution in [-0.4, -0.2) is 30.2 Å².